The normalized spacial score (nSPS) is 14.3. The highest BCUT2D eigenvalue weighted by atomic mass is 35.5. The van der Waals surface area contributed by atoms with Crippen LogP contribution in [0.3, 0.4) is 0 Å². The molecule has 3 rings (SSSR count). The van der Waals surface area contributed by atoms with Crippen molar-refractivity contribution in [3.05, 3.63) is 53.3 Å². The molecule has 0 bridgehead atoms. The summed E-state index contributed by atoms with van der Waals surface area (Å²) in [6.45, 7) is 4.60. The van der Waals surface area contributed by atoms with Gasteiger partial charge in [-0.15, -0.1) is 0 Å². The number of rotatable bonds is 8. The van der Waals surface area contributed by atoms with Gasteiger partial charge in [-0.1, -0.05) is 24.6 Å². The lowest BCUT2D eigenvalue weighted by atomic mass is 10.2. The number of hydrogen-bond acceptors (Lipinski definition) is 2. The van der Waals surface area contributed by atoms with Crippen molar-refractivity contribution in [2.24, 2.45) is 7.05 Å². The molecule has 156 valence electrons. The van der Waals surface area contributed by atoms with Gasteiger partial charge in [0.15, 0.2) is 0 Å². The van der Waals surface area contributed by atoms with Gasteiger partial charge >= 0.3 is 6.03 Å². The summed E-state index contributed by atoms with van der Waals surface area (Å²) in [6, 6.07) is 10.9. The molecule has 1 aliphatic carbocycles. The second-order valence-electron chi connectivity index (χ2n) is 7.69. The maximum absolute atomic E-state index is 13.2. The van der Waals surface area contributed by atoms with E-state index in [9.17, 15) is 9.59 Å². The Morgan fingerprint density at radius 1 is 1.28 bits per heavy atom. The van der Waals surface area contributed by atoms with E-state index >= 15 is 0 Å². The monoisotopic (exact) mass is 416 g/mol. The third kappa shape index (κ3) is 5.54. The van der Waals surface area contributed by atoms with Crippen molar-refractivity contribution in [2.75, 3.05) is 11.9 Å². The molecule has 6 nitrogen and oxygen atoms in total. The molecule has 2 aromatic rings. The molecule has 0 aliphatic heterocycles. The molecule has 1 heterocycles. The number of aromatic nitrogens is 1. The minimum absolute atomic E-state index is 0.0183. The smallest absolute Gasteiger partial charge is 0.322 e. The molecule has 1 saturated carbocycles. The fourth-order valence-corrected chi connectivity index (χ4v) is 3.48. The van der Waals surface area contributed by atoms with Gasteiger partial charge in [-0.2, -0.15) is 0 Å². The van der Waals surface area contributed by atoms with Crippen molar-refractivity contribution in [1.29, 1.82) is 0 Å². The fourth-order valence-electron chi connectivity index (χ4n) is 3.29. The molecule has 0 radical (unpaired) electrons. The Balaban J connectivity index is 1.71. The molecule has 29 heavy (non-hydrogen) atoms. The van der Waals surface area contributed by atoms with E-state index in [1.807, 2.05) is 48.7 Å². The van der Waals surface area contributed by atoms with E-state index in [-0.39, 0.29) is 30.6 Å². The van der Waals surface area contributed by atoms with E-state index in [4.69, 9.17) is 11.6 Å². The van der Waals surface area contributed by atoms with E-state index in [2.05, 4.69) is 5.32 Å². The number of nitrogens with one attached hydrogen (secondary N) is 1. The zero-order chi connectivity index (χ0) is 21.0. The van der Waals surface area contributed by atoms with Gasteiger partial charge in [0.1, 0.15) is 6.54 Å². The summed E-state index contributed by atoms with van der Waals surface area (Å²) in [5.74, 6) is -0.0183. The van der Waals surface area contributed by atoms with Crippen LogP contribution in [-0.2, 0) is 18.4 Å². The molecule has 1 atom stereocenters. The summed E-state index contributed by atoms with van der Waals surface area (Å²) >= 11 is 6.02. The van der Waals surface area contributed by atoms with Gasteiger partial charge in [0.2, 0.25) is 5.91 Å². The number of benzene rings is 1. The summed E-state index contributed by atoms with van der Waals surface area (Å²) in [6.07, 6.45) is 4.79. The molecule has 3 amide bonds. The van der Waals surface area contributed by atoms with Gasteiger partial charge in [0.25, 0.3) is 0 Å². The fraction of sp³-hybridized carbons (Fsp3) is 0.455. The Labute approximate surface area is 177 Å². The standard InChI is InChI=1S/C22H29ClN4O2/c1-4-16(2)26(22(29)24-18-8-5-7-17(23)13-18)15-21(28)27(19-10-11-19)14-20-9-6-12-25(20)3/h5-9,12-13,16,19H,4,10-11,14-15H2,1-3H3,(H,24,29). The van der Waals surface area contributed by atoms with Crippen LogP contribution in [-0.4, -0.2) is 44.9 Å². The quantitative estimate of drug-likeness (QED) is 0.688. The van der Waals surface area contributed by atoms with E-state index < -0.39 is 0 Å². The number of amides is 3. The highest BCUT2D eigenvalue weighted by Gasteiger charge is 2.34. The zero-order valence-corrected chi connectivity index (χ0v) is 18.0. The number of halogens is 1. The molecule has 1 aliphatic rings. The molecule has 1 unspecified atom stereocenters. The largest absolute Gasteiger partial charge is 0.353 e. The molecule has 1 aromatic carbocycles. The topological polar surface area (TPSA) is 57.6 Å². The molecule has 1 fully saturated rings. The average Bonchev–Trinajstić information content (AvgIpc) is 3.45. The lowest BCUT2D eigenvalue weighted by Crippen LogP contribution is -2.48. The highest BCUT2D eigenvalue weighted by molar-refractivity contribution is 6.30. The summed E-state index contributed by atoms with van der Waals surface area (Å²) in [7, 11) is 1.98. The van der Waals surface area contributed by atoms with Crippen LogP contribution in [0.5, 0.6) is 0 Å². The average molecular weight is 417 g/mol. The van der Waals surface area contributed by atoms with Crippen LogP contribution in [0.15, 0.2) is 42.6 Å². The predicted molar refractivity (Wildman–Crippen MR) is 116 cm³/mol. The molecule has 0 spiro atoms. The number of nitrogens with zero attached hydrogens (tertiary/aromatic N) is 3. The Kier molecular flexibility index (Phi) is 6.85. The second-order valence-corrected chi connectivity index (χ2v) is 8.13. The summed E-state index contributed by atoms with van der Waals surface area (Å²) in [5.41, 5.74) is 1.70. The van der Waals surface area contributed by atoms with Crippen molar-refractivity contribution in [3.8, 4) is 0 Å². The first kappa shape index (κ1) is 21.2. The number of hydrogen-bond donors (Lipinski definition) is 1. The highest BCUT2D eigenvalue weighted by Crippen LogP contribution is 2.29. The Morgan fingerprint density at radius 3 is 2.62 bits per heavy atom. The number of anilines is 1. The Bertz CT molecular complexity index is 862. The first-order valence-electron chi connectivity index (χ1n) is 10.1. The third-order valence-electron chi connectivity index (χ3n) is 5.46. The van der Waals surface area contributed by atoms with E-state index in [1.54, 1.807) is 29.2 Å². The number of aryl methyl sites for hydroxylation is 1. The lowest BCUT2D eigenvalue weighted by Gasteiger charge is -2.31. The van der Waals surface area contributed by atoms with Crippen molar-refractivity contribution in [2.45, 2.75) is 51.7 Å². The number of carbonyl (C=O) groups is 2. The van der Waals surface area contributed by atoms with Crippen LogP contribution < -0.4 is 5.32 Å². The second kappa shape index (κ2) is 9.35. The molecular weight excluding hydrogens is 388 g/mol. The first-order valence-corrected chi connectivity index (χ1v) is 10.5. The Hall–Kier alpha value is -2.47. The van der Waals surface area contributed by atoms with Crippen LogP contribution >= 0.6 is 11.6 Å². The van der Waals surface area contributed by atoms with Crippen molar-refractivity contribution < 1.29 is 9.59 Å². The lowest BCUT2D eigenvalue weighted by molar-refractivity contribution is -0.133. The number of urea groups is 1. The molecular formula is C22H29ClN4O2. The Morgan fingerprint density at radius 2 is 2.03 bits per heavy atom. The van der Waals surface area contributed by atoms with Crippen LogP contribution in [0, 0.1) is 0 Å². The van der Waals surface area contributed by atoms with Gasteiger partial charge in [-0.25, -0.2) is 4.79 Å². The van der Waals surface area contributed by atoms with Crippen LogP contribution in [0.2, 0.25) is 5.02 Å². The summed E-state index contributed by atoms with van der Waals surface area (Å²) < 4.78 is 2.03. The molecule has 0 saturated heterocycles. The maximum Gasteiger partial charge on any atom is 0.322 e. The minimum atomic E-state index is -0.287. The minimum Gasteiger partial charge on any atom is -0.353 e. The van der Waals surface area contributed by atoms with Gasteiger partial charge in [-0.3, -0.25) is 4.79 Å². The maximum atomic E-state index is 13.2. The van der Waals surface area contributed by atoms with E-state index in [1.165, 1.54) is 0 Å². The third-order valence-corrected chi connectivity index (χ3v) is 5.69. The van der Waals surface area contributed by atoms with Crippen LogP contribution in [0.25, 0.3) is 0 Å². The van der Waals surface area contributed by atoms with Gasteiger partial charge in [0.05, 0.1) is 6.54 Å². The SMILES string of the molecule is CCC(C)N(CC(=O)N(Cc1cccn1C)C1CC1)C(=O)Nc1cccc(Cl)c1. The summed E-state index contributed by atoms with van der Waals surface area (Å²) in [4.78, 5) is 29.6. The van der Waals surface area contributed by atoms with Gasteiger partial charge in [-0.05, 0) is 56.5 Å². The summed E-state index contributed by atoms with van der Waals surface area (Å²) in [5, 5.41) is 3.42. The molecule has 7 heteroatoms. The van der Waals surface area contributed by atoms with Crippen molar-refractivity contribution >= 4 is 29.2 Å². The van der Waals surface area contributed by atoms with Gasteiger partial charge in [0, 0.05) is 41.7 Å². The van der Waals surface area contributed by atoms with Gasteiger partial charge < -0.3 is 19.7 Å². The van der Waals surface area contributed by atoms with Crippen LogP contribution in [0.1, 0.15) is 38.8 Å². The van der Waals surface area contributed by atoms with Crippen molar-refractivity contribution in [1.82, 2.24) is 14.4 Å². The molecule has 1 N–H and O–H groups in total. The zero-order valence-electron chi connectivity index (χ0n) is 17.3. The van der Waals surface area contributed by atoms with E-state index in [0.29, 0.717) is 17.3 Å². The first-order chi connectivity index (χ1) is 13.9. The van der Waals surface area contributed by atoms with E-state index in [0.717, 1.165) is 25.0 Å². The van der Waals surface area contributed by atoms with Crippen molar-refractivity contribution in [3.63, 3.8) is 0 Å². The molecule has 1 aromatic heterocycles. The predicted octanol–water partition coefficient (Wildman–Crippen LogP) is 4.50. The van der Waals surface area contributed by atoms with Crippen LogP contribution in [0.4, 0.5) is 10.5 Å². The number of carbonyl (C=O) groups excluding carboxylic acids is 2.